The first-order chi connectivity index (χ1) is 8.21. The third-order valence-electron chi connectivity index (χ3n) is 2.36. The van der Waals surface area contributed by atoms with E-state index in [1.54, 1.807) is 0 Å². The highest BCUT2D eigenvalue weighted by molar-refractivity contribution is 5.78. The zero-order valence-electron chi connectivity index (χ0n) is 10.5. The maximum absolute atomic E-state index is 11.5. The lowest BCUT2D eigenvalue weighted by Gasteiger charge is -2.23. The number of amides is 1. The number of hydrogen-bond donors (Lipinski definition) is 1. The predicted molar refractivity (Wildman–Crippen MR) is 64.5 cm³/mol. The van der Waals surface area contributed by atoms with Gasteiger partial charge < -0.3 is 14.8 Å². The highest BCUT2D eigenvalue weighted by atomic mass is 16.5. The molecule has 0 aromatic heterocycles. The van der Waals surface area contributed by atoms with Crippen molar-refractivity contribution >= 4 is 12.4 Å². The third-order valence-corrected chi connectivity index (χ3v) is 2.36. The molecule has 1 N–H and O–H groups in total. The van der Waals surface area contributed by atoms with Gasteiger partial charge in [-0.3, -0.25) is 4.79 Å². The number of carbonyl (C=O) groups is 2. The molecule has 0 fully saturated rings. The van der Waals surface area contributed by atoms with Gasteiger partial charge in [-0.1, -0.05) is 13.0 Å². The van der Waals surface area contributed by atoms with Crippen molar-refractivity contribution in [1.82, 2.24) is 5.32 Å². The highest BCUT2D eigenvalue weighted by Crippen LogP contribution is 2.07. The molecule has 5 heteroatoms. The normalized spacial score (nSPS) is 13.5. The quantitative estimate of drug-likeness (QED) is 0.269. The molecule has 2 atom stereocenters. The fraction of sp³-hybridized carbons (Fsp3) is 0.667. The molecule has 0 rings (SSSR count). The summed E-state index contributed by atoms with van der Waals surface area (Å²) in [7, 11) is 1.28. The molecule has 0 radical (unpaired) electrons. The number of ether oxygens (including phenoxy) is 2. The van der Waals surface area contributed by atoms with Gasteiger partial charge in [-0.05, 0) is 19.3 Å². The summed E-state index contributed by atoms with van der Waals surface area (Å²) < 4.78 is 10.2. The molecule has 98 valence electrons. The van der Waals surface area contributed by atoms with Crippen LogP contribution >= 0.6 is 0 Å². The van der Waals surface area contributed by atoms with Crippen molar-refractivity contribution in [2.24, 2.45) is 0 Å². The summed E-state index contributed by atoms with van der Waals surface area (Å²) in [5, 5.41) is 2.42. The van der Waals surface area contributed by atoms with Crippen molar-refractivity contribution in [3.05, 3.63) is 12.7 Å². The number of methoxy groups -OCH3 is 1. The van der Waals surface area contributed by atoms with Crippen molar-refractivity contribution in [3.8, 4) is 0 Å². The van der Waals surface area contributed by atoms with Crippen molar-refractivity contribution in [1.29, 1.82) is 0 Å². The summed E-state index contributed by atoms with van der Waals surface area (Å²) in [6.45, 7) is 6.03. The first kappa shape index (κ1) is 15.6. The van der Waals surface area contributed by atoms with Gasteiger partial charge in [0.25, 0.3) is 0 Å². The Bertz CT molecular complexity index is 243. The second-order valence-electron chi connectivity index (χ2n) is 3.53. The van der Waals surface area contributed by atoms with E-state index < -0.39 is 12.0 Å². The molecular formula is C12H21NO4. The Hall–Kier alpha value is -1.36. The number of esters is 1. The standard InChI is InChI=1S/C12H21NO4/c1-4-6-7-8-17-10(5-2)11(13-9-14)12(15)16-3/h4,9-11H,1,5-8H2,2-3H3,(H,13,14)/t10?,11-/m0/s1. The lowest BCUT2D eigenvalue weighted by Crippen LogP contribution is -2.47. The maximum atomic E-state index is 11.5. The van der Waals surface area contributed by atoms with Crippen LogP contribution < -0.4 is 5.32 Å². The van der Waals surface area contributed by atoms with Crippen LogP contribution in [0.3, 0.4) is 0 Å². The second kappa shape index (κ2) is 9.84. The van der Waals surface area contributed by atoms with E-state index in [1.165, 1.54) is 7.11 Å². The van der Waals surface area contributed by atoms with Gasteiger partial charge in [0, 0.05) is 6.61 Å². The Morgan fingerprint density at radius 1 is 1.53 bits per heavy atom. The smallest absolute Gasteiger partial charge is 0.331 e. The molecule has 0 saturated heterocycles. The van der Waals surface area contributed by atoms with E-state index in [2.05, 4.69) is 16.6 Å². The number of allylic oxidation sites excluding steroid dienone is 1. The molecule has 0 aromatic rings. The van der Waals surface area contributed by atoms with Gasteiger partial charge in [-0.25, -0.2) is 4.79 Å². The van der Waals surface area contributed by atoms with Crippen LogP contribution in [0, 0.1) is 0 Å². The number of hydrogen-bond acceptors (Lipinski definition) is 4. The summed E-state index contributed by atoms with van der Waals surface area (Å²) in [4.78, 5) is 21.9. The molecule has 0 aliphatic carbocycles. The largest absolute Gasteiger partial charge is 0.467 e. The summed E-state index contributed by atoms with van der Waals surface area (Å²) >= 11 is 0. The van der Waals surface area contributed by atoms with Gasteiger partial charge >= 0.3 is 5.97 Å². The number of rotatable bonds is 10. The van der Waals surface area contributed by atoms with Crippen LogP contribution in [0.5, 0.6) is 0 Å². The van der Waals surface area contributed by atoms with Gasteiger partial charge in [-0.2, -0.15) is 0 Å². The van der Waals surface area contributed by atoms with Crippen LogP contribution in [0.25, 0.3) is 0 Å². The van der Waals surface area contributed by atoms with Crippen LogP contribution in [0.1, 0.15) is 26.2 Å². The molecule has 0 aromatic carbocycles. The summed E-state index contributed by atoms with van der Waals surface area (Å²) in [5.74, 6) is -0.493. The number of nitrogens with one attached hydrogen (secondary N) is 1. The second-order valence-corrected chi connectivity index (χ2v) is 3.53. The molecule has 1 amide bonds. The first-order valence-electron chi connectivity index (χ1n) is 5.71. The number of unbranched alkanes of at least 4 members (excludes halogenated alkanes) is 1. The van der Waals surface area contributed by atoms with E-state index in [1.807, 2.05) is 13.0 Å². The summed E-state index contributed by atoms with van der Waals surface area (Å²) in [5.41, 5.74) is 0. The van der Waals surface area contributed by atoms with E-state index in [-0.39, 0.29) is 6.10 Å². The van der Waals surface area contributed by atoms with Crippen molar-refractivity contribution in [2.45, 2.75) is 38.3 Å². The predicted octanol–water partition coefficient (Wildman–Crippen LogP) is 1.04. The van der Waals surface area contributed by atoms with Crippen LogP contribution in [-0.2, 0) is 19.1 Å². The molecule has 0 heterocycles. The molecule has 5 nitrogen and oxygen atoms in total. The molecule has 0 saturated carbocycles. The lowest BCUT2D eigenvalue weighted by molar-refractivity contribution is -0.148. The monoisotopic (exact) mass is 243 g/mol. The third kappa shape index (κ3) is 6.06. The van der Waals surface area contributed by atoms with Gasteiger partial charge in [-0.15, -0.1) is 6.58 Å². The van der Waals surface area contributed by atoms with E-state index in [4.69, 9.17) is 4.74 Å². The Morgan fingerprint density at radius 3 is 2.71 bits per heavy atom. The van der Waals surface area contributed by atoms with E-state index in [0.29, 0.717) is 19.4 Å². The van der Waals surface area contributed by atoms with Gasteiger partial charge in [0.05, 0.1) is 13.2 Å². The van der Waals surface area contributed by atoms with Crippen molar-refractivity contribution < 1.29 is 19.1 Å². The maximum Gasteiger partial charge on any atom is 0.331 e. The minimum atomic E-state index is -0.744. The van der Waals surface area contributed by atoms with Crippen LogP contribution in [0.2, 0.25) is 0 Å². The average Bonchev–Trinajstić information content (AvgIpc) is 2.36. The minimum Gasteiger partial charge on any atom is -0.467 e. The van der Waals surface area contributed by atoms with Crippen LogP contribution in [0.15, 0.2) is 12.7 Å². The van der Waals surface area contributed by atoms with Gasteiger partial charge in [0.2, 0.25) is 6.41 Å². The zero-order valence-corrected chi connectivity index (χ0v) is 10.5. The Balaban J connectivity index is 4.28. The zero-order chi connectivity index (χ0) is 13.1. The lowest BCUT2D eigenvalue weighted by atomic mass is 10.1. The fourth-order valence-corrected chi connectivity index (χ4v) is 1.44. The molecule has 0 spiro atoms. The van der Waals surface area contributed by atoms with Gasteiger partial charge in [0.15, 0.2) is 6.04 Å². The Morgan fingerprint density at radius 2 is 2.24 bits per heavy atom. The SMILES string of the molecule is C=CCCCOC(CC)[C@H](NC=O)C(=O)OC. The topological polar surface area (TPSA) is 64.6 Å². The molecule has 1 unspecified atom stereocenters. The van der Waals surface area contributed by atoms with Crippen molar-refractivity contribution in [2.75, 3.05) is 13.7 Å². The number of carbonyl (C=O) groups excluding carboxylic acids is 2. The van der Waals surface area contributed by atoms with Crippen LogP contribution in [0.4, 0.5) is 0 Å². The molecule has 17 heavy (non-hydrogen) atoms. The van der Waals surface area contributed by atoms with E-state index in [0.717, 1.165) is 12.8 Å². The Labute approximate surface area is 102 Å². The van der Waals surface area contributed by atoms with Crippen molar-refractivity contribution in [3.63, 3.8) is 0 Å². The highest BCUT2D eigenvalue weighted by Gasteiger charge is 2.28. The molecule has 0 aliphatic heterocycles. The van der Waals surface area contributed by atoms with Crippen LogP contribution in [-0.4, -0.2) is 38.2 Å². The first-order valence-corrected chi connectivity index (χ1v) is 5.71. The Kier molecular flexibility index (Phi) is 9.05. The molecule has 0 bridgehead atoms. The minimum absolute atomic E-state index is 0.363. The van der Waals surface area contributed by atoms with E-state index in [9.17, 15) is 9.59 Å². The van der Waals surface area contributed by atoms with Gasteiger partial charge in [0.1, 0.15) is 0 Å². The molecule has 0 aliphatic rings. The van der Waals surface area contributed by atoms with E-state index >= 15 is 0 Å². The summed E-state index contributed by atoms with van der Waals surface area (Å²) in [6, 6.07) is -0.744. The molecular weight excluding hydrogens is 222 g/mol. The average molecular weight is 243 g/mol. The summed E-state index contributed by atoms with van der Waals surface area (Å²) in [6.07, 6.45) is 4.25. The fourth-order valence-electron chi connectivity index (χ4n) is 1.44.